The molecule has 0 saturated carbocycles. The fraction of sp³-hybridized carbons (Fsp3) is 0.353. The van der Waals surface area contributed by atoms with Crippen LogP contribution < -0.4 is 10.9 Å². The summed E-state index contributed by atoms with van der Waals surface area (Å²) in [4.78, 5) is 14.3. The molecule has 2 atom stereocenters. The van der Waals surface area contributed by atoms with Crippen molar-refractivity contribution in [2.45, 2.75) is 38.3 Å². The number of pyridine rings is 1. The SMILES string of the molecule is CC(NC1CCCc2[nH]c(=O)ccc21)c1cccc(F)c1. The average molecular weight is 286 g/mol. The number of nitrogens with one attached hydrogen (secondary N) is 2. The molecule has 3 rings (SSSR count). The summed E-state index contributed by atoms with van der Waals surface area (Å²) >= 11 is 0. The van der Waals surface area contributed by atoms with Crippen LogP contribution in [0.2, 0.25) is 0 Å². The Labute approximate surface area is 123 Å². The quantitative estimate of drug-likeness (QED) is 0.909. The van der Waals surface area contributed by atoms with Gasteiger partial charge in [0.2, 0.25) is 5.56 Å². The zero-order chi connectivity index (χ0) is 14.8. The van der Waals surface area contributed by atoms with Crippen LogP contribution in [0.25, 0.3) is 0 Å². The van der Waals surface area contributed by atoms with E-state index in [2.05, 4.69) is 10.3 Å². The first kappa shape index (κ1) is 14.0. The standard InChI is InChI=1S/C17H19FN2O/c1-11(12-4-2-5-13(18)10-12)19-15-6-3-7-16-14(15)8-9-17(21)20-16/h2,4-5,8-11,15,19H,3,6-7H2,1H3,(H,20,21). The Bertz CT molecular complexity index is 695. The number of H-pyrrole nitrogens is 1. The molecule has 2 N–H and O–H groups in total. The third kappa shape index (κ3) is 3.05. The Hall–Kier alpha value is -1.94. The monoisotopic (exact) mass is 286 g/mol. The summed E-state index contributed by atoms with van der Waals surface area (Å²) in [5.41, 5.74) is 3.07. The van der Waals surface area contributed by atoms with Gasteiger partial charge in [0.05, 0.1) is 0 Å². The minimum Gasteiger partial charge on any atom is -0.326 e. The number of aromatic nitrogens is 1. The highest BCUT2D eigenvalue weighted by atomic mass is 19.1. The predicted molar refractivity (Wildman–Crippen MR) is 80.7 cm³/mol. The maximum atomic E-state index is 13.3. The van der Waals surface area contributed by atoms with Gasteiger partial charge in [-0.25, -0.2) is 4.39 Å². The van der Waals surface area contributed by atoms with Crippen LogP contribution in [0.5, 0.6) is 0 Å². The minimum absolute atomic E-state index is 0.0485. The fourth-order valence-electron chi connectivity index (χ4n) is 3.05. The van der Waals surface area contributed by atoms with Crippen LogP contribution in [0.1, 0.15) is 48.7 Å². The Balaban J connectivity index is 1.82. The first-order valence-electron chi connectivity index (χ1n) is 7.37. The van der Waals surface area contributed by atoms with E-state index in [9.17, 15) is 9.18 Å². The van der Waals surface area contributed by atoms with Crippen LogP contribution in [0, 0.1) is 5.82 Å². The van der Waals surface area contributed by atoms with Crippen LogP contribution in [0.3, 0.4) is 0 Å². The van der Waals surface area contributed by atoms with Crippen molar-refractivity contribution in [1.29, 1.82) is 0 Å². The van der Waals surface area contributed by atoms with Gasteiger partial charge in [-0.2, -0.15) is 0 Å². The van der Waals surface area contributed by atoms with Crippen LogP contribution in [-0.4, -0.2) is 4.98 Å². The molecule has 2 aromatic rings. The van der Waals surface area contributed by atoms with Crippen LogP contribution >= 0.6 is 0 Å². The Kier molecular flexibility index (Phi) is 3.88. The maximum Gasteiger partial charge on any atom is 0.248 e. The average Bonchev–Trinajstić information content (AvgIpc) is 2.47. The third-order valence-corrected chi connectivity index (χ3v) is 4.13. The van der Waals surface area contributed by atoms with Crippen molar-refractivity contribution in [3.63, 3.8) is 0 Å². The van der Waals surface area contributed by atoms with E-state index in [1.54, 1.807) is 18.2 Å². The topological polar surface area (TPSA) is 44.9 Å². The summed E-state index contributed by atoms with van der Waals surface area (Å²) in [6.07, 6.45) is 2.98. The van der Waals surface area contributed by atoms with Crippen molar-refractivity contribution in [1.82, 2.24) is 10.3 Å². The van der Waals surface area contributed by atoms with E-state index in [-0.39, 0.29) is 23.5 Å². The Morgan fingerprint density at radius 3 is 3.00 bits per heavy atom. The molecule has 4 heteroatoms. The lowest BCUT2D eigenvalue weighted by atomic mass is 9.90. The summed E-state index contributed by atoms with van der Waals surface area (Å²) < 4.78 is 13.3. The molecule has 0 amide bonds. The number of fused-ring (bicyclic) bond motifs is 1. The van der Waals surface area contributed by atoms with Gasteiger partial charge in [-0.1, -0.05) is 18.2 Å². The smallest absolute Gasteiger partial charge is 0.248 e. The van der Waals surface area contributed by atoms with Crippen molar-refractivity contribution in [3.8, 4) is 0 Å². The van der Waals surface area contributed by atoms with E-state index in [1.165, 1.54) is 6.07 Å². The summed E-state index contributed by atoms with van der Waals surface area (Å²) in [6, 6.07) is 10.4. The van der Waals surface area contributed by atoms with E-state index in [4.69, 9.17) is 0 Å². The number of aromatic amines is 1. The fourth-order valence-corrected chi connectivity index (χ4v) is 3.05. The first-order valence-corrected chi connectivity index (χ1v) is 7.37. The number of benzene rings is 1. The molecular formula is C17H19FN2O. The number of halogens is 1. The van der Waals surface area contributed by atoms with Gasteiger partial charge in [-0.05, 0) is 49.4 Å². The molecule has 21 heavy (non-hydrogen) atoms. The molecule has 0 saturated heterocycles. The molecule has 0 fully saturated rings. The lowest BCUT2D eigenvalue weighted by Crippen LogP contribution is -2.29. The zero-order valence-electron chi connectivity index (χ0n) is 12.0. The summed E-state index contributed by atoms with van der Waals surface area (Å²) in [5, 5.41) is 3.55. The molecule has 2 unspecified atom stereocenters. The highest BCUT2D eigenvalue weighted by Gasteiger charge is 2.22. The molecule has 110 valence electrons. The normalized spacial score (nSPS) is 19.0. The predicted octanol–water partition coefficient (Wildman–Crippen LogP) is 3.24. The molecule has 0 aliphatic heterocycles. The molecule has 3 nitrogen and oxygen atoms in total. The summed E-state index contributed by atoms with van der Waals surface area (Å²) in [5.74, 6) is -0.213. The highest BCUT2D eigenvalue weighted by Crippen LogP contribution is 2.30. The zero-order valence-corrected chi connectivity index (χ0v) is 12.0. The lowest BCUT2D eigenvalue weighted by molar-refractivity contribution is 0.410. The molecule has 1 aliphatic carbocycles. The lowest BCUT2D eigenvalue weighted by Gasteiger charge is -2.29. The second-order valence-electron chi connectivity index (χ2n) is 5.64. The molecular weight excluding hydrogens is 267 g/mol. The third-order valence-electron chi connectivity index (χ3n) is 4.13. The van der Waals surface area contributed by atoms with Crippen molar-refractivity contribution in [2.24, 2.45) is 0 Å². The van der Waals surface area contributed by atoms with Gasteiger partial charge in [-0.15, -0.1) is 0 Å². The molecule has 1 aromatic carbocycles. The van der Waals surface area contributed by atoms with Gasteiger partial charge < -0.3 is 10.3 Å². The minimum atomic E-state index is -0.213. The van der Waals surface area contributed by atoms with Gasteiger partial charge >= 0.3 is 0 Å². The molecule has 0 spiro atoms. The van der Waals surface area contributed by atoms with Crippen LogP contribution in [-0.2, 0) is 6.42 Å². The van der Waals surface area contributed by atoms with Gasteiger partial charge in [0.25, 0.3) is 0 Å². The van der Waals surface area contributed by atoms with Crippen molar-refractivity contribution in [2.75, 3.05) is 0 Å². The number of rotatable bonds is 3. The second-order valence-corrected chi connectivity index (χ2v) is 5.64. The summed E-state index contributed by atoms with van der Waals surface area (Å²) in [6.45, 7) is 2.04. The van der Waals surface area contributed by atoms with E-state index < -0.39 is 0 Å². The van der Waals surface area contributed by atoms with Crippen molar-refractivity contribution in [3.05, 3.63) is 69.4 Å². The van der Waals surface area contributed by atoms with Crippen LogP contribution in [0.4, 0.5) is 4.39 Å². The van der Waals surface area contributed by atoms with Gasteiger partial charge in [0.1, 0.15) is 5.82 Å². The first-order chi connectivity index (χ1) is 10.1. The molecule has 1 aliphatic rings. The Morgan fingerprint density at radius 2 is 2.19 bits per heavy atom. The van der Waals surface area contributed by atoms with Gasteiger partial charge in [0, 0.05) is 23.8 Å². The molecule has 1 aromatic heterocycles. The second kappa shape index (κ2) is 5.82. The number of hydrogen-bond donors (Lipinski definition) is 2. The number of hydrogen-bond acceptors (Lipinski definition) is 2. The van der Waals surface area contributed by atoms with Gasteiger partial charge in [0.15, 0.2) is 0 Å². The maximum absolute atomic E-state index is 13.3. The highest BCUT2D eigenvalue weighted by molar-refractivity contribution is 5.27. The molecule has 1 heterocycles. The van der Waals surface area contributed by atoms with E-state index in [1.807, 2.05) is 19.1 Å². The summed E-state index contributed by atoms with van der Waals surface area (Å²) in [7, 11) is 0. The largest absolute Gasteiger partial charge is 0.326 e. The van der Waals surface area contributed by atoms with Gasteiger partial charge in [-0.3, -0.25) is 4.79 Å². The van der Waals surface area contributed by atoms with Crippen molar-refractivity contribution < 1.29 is 4.39 Å². The van der Waals surface area contributed by atoms with Crippen LogP contribution in [0.15, 0.2) is 41.2 Å². The molecule has 0 radical (unpaired) electrons. The van der Waals surface area contributed by atoms with Crippen molar-refractivity contribution >= 4 is 0 Å². The van der Waals surface area contributed by atoms with E-state index in [0.29, 0.717) is 0 Å². The molecule has 0 bridgehead atoms. The van der Waals surface area contributed by atoms with E-state index >= 15 is 0 Å². The number of aryl methyl sites for hydroxylation is 1. The Morgan fingerprint density at radius 1 is 1.33 bits per heavy atom. The van der Waals surface area contributed by atoms with E-state index in [0.717, 1.165) is 36.1 Å².